The molecule has 0 aliphatic carbocycles. The summed E-state index contributed by atoms with van der Waals surface area (Å²) in [6.45, 7) is 9.92. The number of anilines is 1. The van der Waals surface area contributed by atoms with E-state index in [4.69, 9.17) is 5.84 Å². The molecule has 3 N–H and O–H groups in total. The van der Waals surface area contributed by atoms with Gasteiger partial charge in [-0.05, 0) is 24.0 Å². The van der Waals surface area contributed by atoms with E-state index in [1.165, 1.54) is 0 Å². The monoisotopic (exact) mass is 264 g/mol. The van der Waals surface area contributed by atoms with E-state index >= 15 is 0 Å². The van der Waals surface area contributed by atoms with Crippen LogP contribution in [0.25, 0.3) is 0 Å². The van der Waals surface area contributed by atoms with Crippen LogP contribution in [0.3, 0.4) is 0 Å². The van der Waals surface area contributed by atoms with Gasteiger partial charge in [0.15, 0.2) is 0 Å². The summed E-state index contributed by atoms with van der Waals surface area (Å²) in [5, 5.41) is 0. The Bertz CT molecular complexity index is 390. The minimum atomic E-state index is -0.0222. The summed E-state index contributed by atoms with van der Waals surface area (Å²) in [4.78, 5) is 18.4. The summed E-state index contributed by atoms with van der Waals surface area (Å²) >= 11 is 0. The minimum absolute atomic E-state index is 0.0222. The number of pyridine rings is 1. The van der Waals surface area contributed by atoms with Crippen LogP contribution in [0.15, 0.2) is 18.3 Å². The van der Waals surface area contributed by atoms with Gasteiger partial charge in [0.25, 0.3) is 5.91 Å². The zero-order chi connectivity index (χ0) is 14.4. The Morgan fingerprint density at radius 1 is 1.26 bits per heavy atom. The lowest BCUT2D eigenvalue weighted by molar-refractivity contribution is 0.0709. The number of carbonyl (C=O) groups is 1. The van der Waals surface area contributed by atoms with Gasteiger partial charge in [-0.2, -0.15) is 0 Å². The number of hydrazine groups is 1. The third-order valence-corrected chi connectivity index (χ3v) is 2.61. The Kier molecular flexibility index (Phi) is 5.76. The normalized spacial score (nSPS) is 10.9. The van der Waals surface area contributed by atoms with Crippen LogP contribution in [-0.2, 0) is 0 Å². The van der Waals surface area contributed by atoms with Gasteiger partial charge >= 0.3 is 0 Å². The van der Waals surface area contributed by atoms with Gasteiger partial charge in [0.2, 0.25) is 0 Å². The van der Waals surface area contributed by atoms with Gasteiger partial charge in [0.1, 0.15) is 5.69 Å². The van der Waals surface area contributed by atoms with E-state index in [9.17, 15) is 4.79 Å². The molecule has 5 heteroatoms. The van der Waals surface area contributed by atoms with Crippen LogP contribution in [-0.4, -0.2) is 28.9 Å². The Morgan fingerprint density at radius 3 is 2.21 bits per heavy atom. The average molecular weight is 264 g/mol. The van der Waals surface area contributed by atoms with Crippen molar-refractivity contribution in [1.82, 2.24) is 9.88 Å². The fourth-order valence-electron chi connectivity index (χ4n) is 1.89. The largest absolute Gasteiger partial charge is 0.337 e. The quantitative estimate of drug-likeness (QED) is 0.610. The molecule has 1 heterocycles. The van der Waals surface area contributed by atoms with Crippen LogP contribution in [0.5, 0.6) is 0 Å². The Hall–Kier alpha value is -1.62. The van der Waals surface area contributed by atoms with Gasteiger partial charge in [-0.15, -0.1) is 0 Å². The Labute approximate surface area is 115 Å². The van der Waals surface area contributed by atoms with Gasteiger partial charge in [0.05, 0.1) is 11.9 Å². The number of nitrogens with zero attached hydrogens (tertiary/aromatic N) is 2. The maximum absolute atomic E-state index is 12.4. The topological polar surface area (TPSA) is 71.2 Å². The van der Waals surface area contributed by atoms with Crippen molar-refractivity contribution in [2.75, 3.05) is 18.5 Å². The molecular weight excluding hydrogens is 240 g/mol. The highest BCUT2D eigenvalue weighted by Gasteiger charge is 2.18. The summed E-state index contributed by atoms with van der Waals surface area (Å²) in [5.74, 6) is 6.14. The van der Waals surface area contributed by atoms with Gasteiger partial charge in [-0.1, -0.05) is 27.7 Å². The number of nitrogen functional groups attached to an aromatic ring is 1. The first kappa shape index (κ1) is 15.4. The SMILES string of the molecule is CC(C)CN(CC(C)C)C(=O)c1ccc(NN)cn1. The molecule has 0 aromatic carbocycles. The van der Waals surface area contributed by atoms with E-state index in [0.29, 0.717) is 23.2 Å². The molecule has 1 rings (SSSR count). The maximum Gasteiger partial charge on any atom is 0.272 e. The molecule has 1 amide bonds. The van der Waals surface area contributed by atoms with Crippen molar-refractivity contribution in [1.29, 1.82) is 0 Å². The third kappa shape index (κ3) is 4.87. The molecule has 0 saturated heterocycles. The summed E-state index contributed by atoms with van der Waals surface area (Å²) in [6.07, 6.45) is 1.57. The molecule has 19 heavy (non-hydrogen) atoms. The number of amides is 1. The lowest BCUT2D eigenvalue weighted by Gasteiger charge is -2.26. The predicted molar refractivity (Wildman–Crippen MR) is 77.6 cm³/mol. The Morgan fingerprint density at radius 2 is 1.84 bits per heavy atom. The number of rotatable bonds is 6. The van der Waals surface area contributed by atoms with Crippen molar-refractivity contribution in [3.05, 3.63) is 24.0 Å². The van der Waals surface area contributed by atoms with Crippen LogP contribution in [0.4, 0.5) is 5.69 Å². The van der Waals surface area contributed by atoms with Crippen LogP contribution in [0, 0.1) is 11.8 Å². The van der Waals surface area contributed by atoms with E-state index in [0.717, 1.165) is 13.1 Å². The van der Waals surface area contributed by atoms with Gasteiger partial charge in [-0.3, -0.25) is 10.6 Å². The van der Waals surface area contributed by atoms with Crippen LogP contribution >= 0.6 is 0 Å². The zero-order valence-electron chi connectivity index (χ0n) is 12.2. The number of carbonyl (C=O) groups excluding carboxylic acids is 1. The minimum Gasteiger partial charge on any atom is -0.337 e. The molecular formula is C14H24N4O. The molecule has 0 aliphatic rings. The molecule has 106 valence electrons. The second kappa shape index (κ2) is 7.09. The molecule has 0 fully saturated rings. The molecule has 0 atom stereocenters. The van der Waals surface area contributed by atoms with Crippen molar-refractivity contribution < 1.29 is 4.79 Å². The Balaban J connectivity index is 2.84. The van der Waals surface area contributed by atoms with E-state index in [1.807, 2.05) is 4.90 Å². The summed E-state index contributed by atoms with van der Waals surface area (Å²) in [7, 11) is 0. The molecule has 5 nitrogen and oxygen atoms in total. The first-order valence-corrected chi connectivity index (χ1v) is 6.66. The summed E-state index contributed by atoms with van der Waals surface area (Å²) in [6, 6.07) is 3.45. The second-order valence-corrected chi connectivity index (χ2v) is 5.57. The number of aromatic nitrogens is 1. The number of hydrogen-bond donors (Lipinski definition) is 2. The van der Waals surface area contributed by atoms with E-state index in [2.05, 4.69) is 38.1 Å². The van der Waals surface area contributed by atoms with Crippen molar-refractivity contribution in [3.8, 4) is 0 Å². The van der Waals surface area contributed by atoms with Crippen molar-refractivity contribution in [2.24, 2.45) is 17.7 Å². The molecule has 1 aromatic rings. The highest BCUT2D eigenvalue weighted by molar-refractivity contribution is 5.92. The first-order valence-electron chi connectivity index (χ1n) is 6.66. The maximum atomic E-state index is 12.4. The van der Waals surface area contributed by atoms with Crippen molar-refractivity contribution >= 4 is 11.6 Å². The van der Waals surface area contributed by atoms with Crippen LogP contribution < -0.4 is 11.3 Å². The smallest absolute Gasteiger partial charge is 0.272 e. The molecule has 0 saturated carbocycles. The second-order valence-electron chi connectivity index (χ2n) is 5.57. The predicted octanol–water partition coefficient (Wildman–Crippen LogP) is 2.12. The van der Waals surface area contributed by atoms with E-state index in [-0.39, 0.29) is 5.91 Å². The highest BCUT2D eigenvalue weighted by Crippen LogP contribution is 2.11. The molecule has 0 aliphatic heterocycles. The summed E-state index contributed by atoms with van der Waals surface area (Å²) < 4.78 is 0. The fraction of sp³-hybridized carbons (Fsp3) is 0.571. The molecule has 1 aromatic heterocycles. The standard InChI is InChI=1S/C14H24N4O/c1-10(2)8-18(9-11(3)4)14(19)13-6-5-12(17-15)7-16-13/h5-7,10-11,17H,8-9,15H2,1-4H3. The first-order chi connectivity index (χ1) is 8.93. The third-order valence-electron chi connectivity index (χ3n) is 2.61. The zero-order valence-corrected chi connectivity index (χ0v) is 12.2. The molecule has 0 spiro atoms. The van der Waals surface area contributed by atoms with Gasteiger partial charge in [0, 0.05) is 13.1 Å². The number of nitrogens with two attached hydrogens (primary N) is 1. The van der Waals surface area contributed by atoms with Gasteiger partial charge in [-0.25, -0.2) is 4.98 Å². The fourth-order valence-corrected chi connectivity index (χ4v) is 1.89. The lowest BCUT2D eigenvalue weighted by atomic mass is 10.1. The highest BCUT2D eigenvalue weighted by atomic mass is 16.2. The van der Waals surface area contributed by atoms with Crippen molar-refractivity contribution in [3.63, 3.8) is 0 Å². The average Bonchev–Trinajstić information content (AvgIpc) is 2.36. The van der Waals surface area contributed by atoms with E-state index < -0.39 is 0 Å². The number of nitrogens with one attached hydrogen (secondary N) is 1. The lowest BCUT2D eigenvalue weighted by Crippen LogP contribution is -2.37. The van der Waals surface area contributed by atoms with Crippen LogP contribution in [0.2, 0.25) is 0 Å². The van der Waals surface area contributed by atoms with E-state index in [1.54, 1.807) is 18.3 Å². The molecule has 0 unspecified atom stereocenters. The van der Waals surface area contributed by atoms with Crippen molar-refractivity contribution in [2.45, 2.75) is 27.7 Å². The van der Waals surface area contributed by atoms with Gasteiger partial charge < -0.3 is 10.3 Å². The summed E-state index contributed by atoms with van der Waals surface area (Å²) in [5.41, 5.74) is 3.65. The number of hydrogen-bond acceptors (Lipinski definition) is 4. The molecule has 0 radical (unpaired) electrons. The molecule has 0 bridgehead atoms. The van der Waals surface area contributed by atoms with Crippen LogP contribution in [0.1, 0.15) is 38.2 Å².